The molecule has 0 spiro atoms. The van der Waals surface area contributed by atoms with Crippen molar-refractivity contribution in [2.45, 2.75) is 63.5 Å². The van der Waals surface area contributed by atoms with E-state index in [-0.39, 0.29) is 11.9 Å². The summed E-state index contributed by atoms with van der Waals surface area (Å²) in [5.74, 6) is 0.176. The number of aryl methyl sites for hydroxylation is 1. The summed E-state index contributed by atoms with van der Waals surface area (Å²) in [6.45, 7) is 0.531. The van der Waals surface area contributed by atoms with Gasteiger partial charge in [-0.25, -0.2) is 0 Å². The molecule has 3 nitrogen and oxygen atoms in total. The maximum Gasteiger partial charge on any atom is 0.234 e. The summed E-state index contributed by atoms with van der Waals surface area (Å²) >= 11 is 0. The van der Waals surface area contributed by atoms with Crippen molar-refractivity contribution in [3.8, 4) is 0 Å². The molecule has 3 heteroatoms. The molecule has 120 valence electrons. The van der Waals surface area contributed by atoms with Gasteiger partial charge in [0.25, 0.3) is 0 Å². The largest absolute Gasteiger partial charge is 0.348 e. The smallest absolute Gasteiger partial charge is 0.234 e. The number of hydrogen-bond acceptors (Lipinski definition) is 2. The summed E-state index contributed by atoms with van der Waals surface area (Å²) in [6, 6.07) is 9.35. The fraction of sp³-hybridized carbons (Fsp3) is 0.632. The maximum atomic E-state index is 12.4. The summed E-state index contributed by atoms with van der Waals surface area (Å²) in [5.41, 5.74) is 2.72. The number of likely N-dealkylation sites (N-methyl/N-ethyl adjacent to an activating group) is 1. The van der Waals surface area contributed by atoms with Crippen molar-refractivity contribution < 1.29 is 4.79 Å². The quantitative estimate of drug-likeness (QED) is 0.924. The molecule has 2 aliphatic carbocycles. The summed E-state index contributed by atoms with van der Waals surface area (Å²) in [7, 11) is 2.10. The number of carbonyl (C=O) groups is 1. The maximum absolute atomic E-state index is 12.4. The van der Waals surface area contributed by atoms with Crippen LogP contribution < -0.4 is 5.32 Å². The van der Waals surface area contributed by atoms with Gasteiger partial charge in [0, 0.05) is 6.04 Å². The minimum absolute atomic E-state index is 0.176. The van der Waals surface area contributed by atoms with Crippen LogP contribution in [-0.2, 0) is 11.2 Å². The van der Waals surface area contributed by atoms with Crippen LogP contribution in [0.3, 0.4) is 0 Å². The highest BCUT2D eigenvalue weighted by molar-refractivity contribution is 5.78. The Morgan fingerprint density at radius 1 is 1.14 bits per heavy atom. The van der Waals surface area contributed by atoms with E-state index in [0.717, 1.165) is 12.8 Å². The van der Waals surface area contributed by atoms with Crippen LogP contribution in [0.4, 0.5) is 0 Å². The Morgan fingerprint density at radius 3 is 2.73 bits per heavy atom. The minimum Gasteiger partial charge on any atom is -0.348 e. The molecule has 1 atom stereocenters. The average molecular weight is 300 g/mol. The SMILES string of the molecule is CN(CC(=O)N[C@@H]1CCCc2ccccc21)C1CCCCC1. The zero-order chi connectivity index (χ0) is 15.4. The number of fused-ring (bicyclic) bond motifs is 1. The van der Waals surface area contributed by atoms with Gasteiger partial charge in [0.2, 0.25) is 5.91 Å². The molecule has 1 N–H and O–H groups in total. The van der Waals surface area contributed by atoms with Gasteiger partial charge in [-0.3, -0.25) is 9.69 Å². The van der Waals surface area contributed by atoms with E-state index in [9.17, 15) is 4.79 Å². The Balaban J connectivity index is 1.56. The predicted octanol–water partition coefficient (Wildman–Crippen LogP) is 3.44. The molecular weight excluding hydrogens is 272 g/mol. The normalized spacial score (nSPS) is 22.4. The summed E-state index contributed by atoms with van der Waals surface area (Å²) in [6.07, 6.45) is 9.85. The first-order chi connectivity index (χ1) is 10.7. The topological polar surface area (TPSA) is 32.3 Å². The van der Waals surface area contributed by atoms with Gasteiger partial charge in [0.1, 0.15) is 0 Å². The second-order valence-corrected chi connectivity index (χ2v) is 6.92. The van der Waals surface area contributed by atoms with Crippen LogP contribution in [0.15, 0.2) is 24.3 Å². The zero-order valence-corrected chi connectivity index (χ0v) is 13.7. The molecule has 1 aromatic carbocycles. The zero-order valence-electron chi connectivity index (χ0n) is 13.7. The molecule has 2 aliphatic rings. The van der Waals surface area contributed by atoms with Gasteiger partial charge >= 0.3 is 0 Å². The van der Waals surface area contributed by atoms with E-state index in [1.165, 1.54) is 49.7 Å². The number of hydrogen-bond donors (Lipinski definition) is 1. The summed E-state index contributed by atoms with van der Waals surface area (Å²) < 4.78 is 0. The van der Waals surface area contributed by atoms with Crippen molar-refractivity contribution in [2.24, 2.45) is 0 Å². The standard InChI is InChI=1S/C19H28N2O/c1-21(16-10-3-2-4-11-16)14-19(22)20-18-13-7-9-15-8-5-6-12-17(15)18/h5-6,8,12,16,18H,2-4,7,9-11,13-14H2,1H3,(H,20,22)/t18-/m1/s1. The summed E-state index contributed by atoms with van der Waals surface area (Å²) in [5, 5.41) is 3.26. The van der Waals surface area contributed by atoms with Crippen LogP contribution in [0.1, 0.15) is 62.1 Å². The van der Waals surface area contributed by atoms with Crippen LogP contribution in [0.25, 0.3) is 0 Å². The highest BCUT2D eigenvalue weighted by Crippen LogP contribution is 2.29. The second-order valence-electron chi connectivity index (χ2n) is 6.92. The highest BCUT2D eigenvalue weighted by Gasteiger charge is 2.24. The molecule has 0 saturated heterocycles. The molecule has 0 unspecified atom stereocenters. The molecule has 1 amide bonds. The molecule has 1 fully saturated rings. The third kappa shape index (κ3) is 3.70. The fourth-order valence-corrected chi connectivity index (χ4v) is 4.02. The van der Waals surface area contributed by atoms with Crippen molar-refractivity contribution >= 4 is 5.91 Å². The predicted molar refractivity (Wildman–Crippen MR) is 89.8 cm³/mol. The lowest BCUT2D eigenvalue weighted by molar-refractivity contribution is -0.123. The van der Waals surface area contributed by atoms with Gasteiger partial charge in [0.15, 0.2) is 0 Å². The molecule has 1 aromatic rings. The van der Waals surface area contributed by atoms with E-state index in [1.54, 1.807) is 0 Å². The number of nitrogens with zero attached hydrogens (tertiary/aromatic N) is 1. The van der Waals surface area contributed by atoms with Crippen LogP contribution in [-0.4, -0.2) is 30.4 Å². The first-order valence-electron chi connectivity index (χ1n) is 8.81. The number of nitrogens with one attached hydrogen (secondary N) is 1. The van der Waals surface area contributed by atoms with Crippen LogP contribution in [0.5, 0.6) is 0 Å². The molecule has 0 aliphatic heterocycles. The molecule has 0 heterocycles. The van der Waals surface area contributed by atoms with Crippen molar-refractivity contribution in [3.05, 3.63) is 35.4 Å². The van der Waals surface area contributed by atoms with Crippen molar-refractivity contribution in [2.75, 3.05) is 13.6 Å². The minimum atomic E-state index is 0.176. The number of amides is 1. The third-order valence-electron chi connectivity index (χ3n) is 5.30. The van der Waals surface area contributed by atoms with Gasteiger partial charge in [-0.2, -0.15) is 0 Å². The first-order valence-corrected chi connectivity index (χ1v) is 8.81. The second kappa shape index (κ2) is 7.28. The molecule has 3 rings (SSSR count). The molecule has 0 aromatic heterocycles. The van der Waals surface area contributed by atoms with Crippen LogP contribution in [0.2, 0.25) is 0 Å². The molecule has 1 saturated carbocycles. The van der Waals surface area contributed by atoms with E-state index < -0.39 is 0 Å². The third-order valence-corrected chi connectivity index (χ3v) is 5.30. The Bertz CT molecular complexity index is 508. The Morgan fingerprint density at radius 2 is 1.91 bits per heavy atom. The van der Waals surface area contributed by atoms with Gasteiger partial charge < -0.3 is 5.32 Å². The lowest BCUT2D eigenvalue weighted by atomic mass is 9.88. The van der Waals surface area contributed by atoms with E-state index in [2.05, 4.69) is 41.5 Å². The Kier molecular flexibility index (Phi) is 5.14. The van der Waals surface area contributed by atoms with Gasteiger partial charge in [-0.05, 0) is 50.3 Å². The van der Waals surface area contributed by atoms with E-state index in [1.807, 2.05) is 0 Å². The highest BCUT2D eigenvalue weighted by atomic mass is 16.2. The Labute approximate surface area is 134 Å². The van der Waals surface area contributed by atoms with Crippen molar-refractivity contribution in [3.63, 3.8) is 0 Å². The lowest BCUT2D eigenvalue weighted by Crippen LogP contribution is -2.42. The van der Waals surface area contributed by atoms with E-state index in [0.29, 0.717) is 12.6 Å². The van der Waals surface area contributed by atoms with E-state index in [4.69, 9.17) is 0 Å². The monoisotopic (exact) mass is 300 g/mol. The number of benzene rings is 1. The van der Waals surface area contributed by atoms with Crippen molar-refractivity contribution in [1.29, 1.82) is 0 Å². The first kappa shape index (κ1) is 15.5. The summed E-state index contributed by atoms with van der Waals surface area (Å²) in [4.78, 5) is 14.7. The lowest BCUT2D eigenvalue weighted by Gasteiger charge is -2.32. The molecule has 22 heavy (non-hydrogen) atoms. The van der Waals surface area contributed by atoms with Gasteiger partial charge in [-0.1, -0.05) is 43.5 Å². The van der Waals surface area contributed by atoms with Crippen LogP contribution >= 0.6 is 0 Å². The van der Waals surface area contributed by atoms with E-state index >= 15 is 0 Å². The van der Waals surface area contributed by atoms with Gasteiger partial charge in [-0.15, -0.1) is 0 Å². The molecule has 0 bridgehead atoms. The average Bonchev–Trinajstić information content (AvgIpc) is 2.56. The number of rotatable bonds is 4. The van der Waals surface area contributed by atoms with Gasteiger partial charge in [0.05, 0.1) is 12.6 Å². The Hall–Kier alpha value is -1.35. The number of carbonyl (C=O) groups excluding carboxylic acids is 1. The molecular formula is C19H28N2O. The fourth-order valence-electron chi connectivity index (χ4n) is 4.02. The van der Waals surface area contributed by atoms with Crippen molar-refractivity contribution in [1.82, 2.24) is 10.2 Å². The van der Waals surface area contributed by atoms with Crippen LogP contribution in [0, 0.1) is 0 Å². The molecule has 0 radical (unpaired) electrons.